The fourth-order valence-corrected chi connectivity index (χ4v) is 5.98. The summed E-state index contributed by atoms with van der Waals surface area (Å²) in [6.07, 6.45) is 0. The highest BCUT2D eigenvalue weighted by Crippen LogP contribution is 2.45. The average molecular weight is 532 g/mol. The zero-order chi connectivity index (χ0) is 23.7. The largest absolute Gasteiger partial charge is 0.504 e. The fourth-order valence-electron chi connectivity index (χ4n) is 4.11. The highest BCUT2D eigenvalue weighted by atomic mass is 79.9. The van der Waals surface area contributed by atoms with Crippen molar-refractivity contribution in [2.75, 3.05) is 4.90 Å². The Balaban J connectivity index is 1.70. The van der Waals surface area contributed by atoms with Crippen LogP contribution in [0.1, 0.15) is 11.1 Å². The monoisotopic (exact) mass is 531 g/mol. The highest BCUT2D eigenvalue weighted by Gasteiger charge is 2.26. The molecule has 0 spiro atoms. The molecule has 0 aliphatic rings. The first-order valence-corrected chi connectivity index (χ1v) is 12.4. The van der Waals surface area contributed by atoms with Crippen LogP contribution in [0.4, 0.5) is 5.82 Å². The minimum atomic E-state index is -0.343. The zero-order valence-corrected chi connectivity index (χ0v) is 20.9. The molecule has 5 nitrogen and oxygen atoms in total. The van der Waals surface area contributed by atoms with Gasteiger partial charge in [0.2, 0.25) is 0 Å². The van der Waals surface area contributed by atoms with Gasteiger partial charge in [-0.15, -0.1) is 16.4 Å². The summed E-state index contributed by atoms with van der Waals surface area (Å²) in [5.41, 5.74) is 2.77. The first kappa shape index (κ1) is 22.4. The van der Waals surface area contributed by atoms with Gasteiger partial charge in [-0.2, -0.15) is 0 Å². The van der Waals surface area contributed by atoms with Crippen LogP contribution in [0.5, 0.6) is 5.75 Å². The Kier molecular flexibility index (Phi) is 6.22. The van der Waals surface area contributed by atoms with E-state index in [9.17, 15) is 9.90 Å². The lowest BCUT2D eigenvalue weighted by Crippen LogP contribution is -2.29. The molecular formula is C27H22BrN3O2S. The van der Waals surface area contributed by atoms with Gasteiger partial charge in [0.15, 0.2) is 11.6 Å². The number of thiophene rings is 1. The smallest absolute Gasteiger partial charge is 0.278 e. The first-order valence-electron chi connectivity index (χ1n) is 10.8. The average Bonchev–Trinajstić information content (AvgIpc) is 3.18. The van der Waals surface area contributed by atoms with E-state index in [0.717, 1.165) is 25.0 Å². The minimum absolute atomic E-state index is 0.112. The van der Waals surface area contributed by atoms with Crippen LogP contribution in [0.15, 0.2) is 93.5 Å². The van der Waals surface area contributed by atoms with Gasteiger partial charge in [-0.05, 0) is 33.1 Å². The van der Waals surface area contributed by atoms with E-state index in [1.165, 1.54) is 16.0 Å². The molecule has 7 heteroatoms. The lowest BCUT2D eigenvalue weighted by Gasteiger charge is -2.26. The molecule has 1 N–H and O–H groups in total. The molecule has 0 amide bonds. The number of benzene rings is 3. The van der Waals surface area contributed by atoms with Crippen molar-refractivity contribution in [1.29, 1.82) is 0 Å². The van der Waals surface area contributed by atoms with Gasteiger partial charge in [0.1, 0.15) is 0 Å². The van der Waals surface area contributed by atoms with Crippen LogP contribution >= 0.6 is 27.3 Å². The molecule has 0 aliphatic carbocycles. The quantitative estimate of drug-likeness (QED) is 0.278. The molecule has 0 fully saturated rings. The number of aromatic nitrogens is 2. The van der Waals surface area contributed by atoms with Crippen LogP contribution in [-0.2, 0) is 20.1 Å². The number of aryl methyl sites for hydroxylation is 1. The molecule has 5 aromatic rings. The van der Waals surface area contributed by atoms with E-state index >= 15 is 0 Å². The van der Waals surface area contributed by atoms with Crippen LogP contribution in [0.2, 0.25) is 0 Å². The number of fused-ring (bicyclic) bond motifs is 1. The summed E-state index contributed by atoms with van der Waals surface area (Å²) in [7, 11) is 1.63. The number of hydrogen-bond acceptors (Lipinski definition) is 5. The second-order valence-electron chi connectivity index (χ2n) is 8.05. The third kappa shape index (κ3) is 4.24. The summed E-state index contributed by atoms with van der Waals surface area (Å²) in [6.45, 7) is 1.05. The maximum absolute atomic E-state index is 13.3. The predicted octanol–water partition coefficient (Wildman–Crippen LogP) is 6.34. The summed E-state index contributed by atoms with van der Waals surface area (Å²) in [6, 6.07) is 28.0. The Morgan fingerprint density at radius 3 is 2.06 bits per heavy atom. The van der Waals surface area contributed by atoms with E-state index in [-0.39, 0.29) is 16.9 Å². The van der Waals surface area contributed by atoms with E-state index in [2.05, 4.69) is 21.0 Å². The number of aromatic hydroxyl groups is 1. The SMILES string of the molecule is Cn1nc(N(Cc2ccccc2)Cc2ccccc2)c(O)c(-c2c(Br)sc3ccccc23)c1=O. The number of hydrogen-bond donors (Lipinski definition) is 1. The molecular weight excluding hydrogens is 510 g/mol. The van der Waals surface area contributed by atoms with Crippen LogP contribution in [0, 0.1) is 0 Å². The Hall–Kier alpha value is -3.42. The van der Waals surface area contributed by atoms with Crippen molar-refractivity contribution < 1.29 is 5.11 Å². The normalized spacial score (nSPS) is 11.1. The molecule has 2 aromatic heterocycles. The van der Waals surface area contributed by atoms with Gasteiger partial charge in [-0.25, -0.2) is 4.68 Å². The van der Waals surface area contributed by atoms with Crippen LogP contribution in [-0.4, -0.2) is 14.9 Å². The second kappa shape index (κ2) is 9.44. The Morgan fingerprint density at radius 2 is 1.44 bits per heavy atom. The molecule has 0 atom stereocenters. The molecule has 34 heavy (non-hydrogen) atoms. The highest BCUT2D eigenvalue weighted by molar-refractivity contribution is 9.11. The van der Waals surface area contributed by atoms with Crippen molar-refractivity contribution in [2.45, 2.75) is 13.1 Å². The van der Waals surface area contributed by atoms with Crippen molar-refractivity contribution >= 4 is 43.2 Å². The Morgan fingerprint density at radius 1 is 0.882 bits per heavy atom. The minimum Gasteiger partial charge on any atom is -0.504 e. The number of rotatable bonds is 6. The summed E-state index contributed by atoms with van der Waals surface area (Å²) in [4.78, 5) is 15.3. The van der Waals surface area contributed by atoms with Gasteiger partial charge in [0.05, 0.1) is 9.35 Å². The third-order valence-corrected chi connectivity index (χ3v) is 7.58. The van der Waals surface area contributed by atoms with Crippen LogP contribution < -0.4 is 10.5 Å². The Labute approximate surface area is 209 Å². The van der Waals surface area contributed by atoms with E-state index < -0.39 is 0 Å². The summed E-state index contributed by atoms with van der Waals surface area (Å²) in [5.74, 6) is 0.256. The summed E-state index contributed by atoms with van der Waals surface area (Å²) in [5, 5.41) is 17.0. The van der Waals surface area contributed by atoms with Crippen molar-refractivity contribution in [2.24, 2.45) is 7.05 Å². The van der Waals surface area contributed by atoms with Crippen LogP contribution in [0.3, 0.4) is 0 Å². The standard InChI is InChI=1S/C27H22BrN3O2S/c1-30-27(33)23(22-20-14-8-9-15-21(20)34-25(22)28)24(32)26(29-30)31(16-18-10-4-2-5-11-18)17-19-12-6-3-7-13-19/h2-15,32H,16-17H2,1H3. The van der Waals surface area contributed by atoms with Gasteiger partial charge >= 0.3 is 0 Å². The maximum atomic E-state index is 13.3. The van der Waals surface area contributed by atoms with E-state index in [1.54, 1.807) is 7.05 Å². The number of halogens is 1. The topological polar surface area (TPSA) is 58.4 Å². The van der Waals surface area contributed by atoms with Gasteiger partial charge < -0.3 is 10.0 Å². The lowest BCUT2D eigenvalue weighted by molar-refractivity contribution is 0.464. The lowest BCUT2D eigenvalue weighted by atomic mass is 10.0. The van der Waals surface area contributed by atoms with Gasteiger partial charge in [-0.3, -0.25) is 4.79 Å². The Bertz CT molecular complexity index is 1470. The van der Waals surface area contributed by atoms with Crippen molar-refractivity contribution in [3.8, 4) is 16.9 Å². The molecule has 0 saturated heterocycles. The predicted molar refractivity (Wildman–Crippen MR) is 142 cm³/mol. The molecule has 3 aromatic carbocycles. The van der Waals surface area contributed by atoms with Gasteiger partial charge in [0, 0.05) is 35.8 Å². The maximum Gasteiger partial charge on any atom is 0.278 e. The molecule has 0 radical (unpaired) electrons. The molecule has 0 unspecified atom stereocenters. The molecule has 170 valence electrons. The van der Waals surface area contributed by atoms with E-state index in [1.807, 2.05) is 89.8 Å². The summed E-state index contributed by atoms with van der Waals surface area (Å²) < 4.78 is 3.15. The number of anilines is 1. The second-order valence-corrected chi connectivity index (χ2v) is 10.4. The third-order valence-electron chi connectivity index (χ3n) is 5.74. The summed E-state index contributed by atoms with van der Waals surface area (Å²) >= 11 is 5.17. The van der Waals surface area contributed by atoms with E-state index in [4.69, 9.17) is 0 Å². The molecule has 0 saturated carbocycles. The van der Waals surface area contributed by atoms with Crippen molar-refractivity contribution in [1.82, 2.24) is 9.78 Å². The van der Waals surface area contributed by atoms with Gasteiger partial charge in [-0.1, -0.05) is 78.9 Å². The molecule has 5 rings (SSSR count). The number of nitrogens with zero attached hydrogens (tertiary/aromatic N) is 3. The van der Waals surface area contributed by atoms with Crippen LogP contribution in [0.25, 0.3) is 21.2 Å². The van der Waals surface area contributed by atoms with Crippen molar-refractivity contribution in [3.05, 3.63) is 110 Å². The molecule has 0 bridgehead atoms. The van der Waals surface area contributed by atoms with Gasteiger partial charge in [0.25, 0.3) is 5.56 Å². The van der Waals surface area contributed by atoms with Crippen molar-refractivity contribution in [3.63, 3.8) is 0 Å². The molecule has 0 aliphatic heterocycles. The zero-order valence-electron chi connectivity index (χ0n) is 18.5. The first-order chi connectivity index (χ1) is 16.5. The van der Waals surface area contributed by atoms with E-state index in [0.29, 0.717) is 24.5 Å². The fraction of sp³-hybridized carbons (Fsp3) is 0.111. The molecule has 2 heterocycles.